The molecule has 0 N–H and O–H groups in total. The lowest BCUT2D eigenvalue weighted by atomic mass is 10.2. The summed E-state index contributed by atoms with van der Waals surface area (Å²) in [6, 6.07) is 19.5. The molecular weight excluding hydrogens is 350 g/mol. The fourth-order valence-electron chi connectivity index (χ4n) is 2.06. The molecular formula is C19H15N3OS2. The molecule has 0 spiro atoms. The van der Waals surface area contributed by atoms with Crippen LogP contribution in [0.2, 0.25) is 0 Å². The standard InChI is InChI=1S/C19H15N3OS2/c1-24-19-21-12-17(25-16-9-7-14(11-20)8-10-16)18(22-19)23-13-15-5-3-2-4-6-15/h2-10,12H,13H2,1H3. The van der Waals surface area contributed by atoms with Crippen molar-refractivity contribution in [3.05, 3.63) is 71.9 Å². The van der Waals surface area contributed by atoms with E-state index in [9.17, 15) is 0 Å². The van der Waals surface area contributed by atoms with Crippen molar-refractivity contribution >= 4 is 23.5 Å². The molecule has 1 aromatic heterocycles. The number of thioether (sulfide) groups is 1. The Balaban J connectivity index is 1.81. The lowest BCUT2D eigenvalue weighted by molar-refractivity contribution is 0.282. The largest absolute Gasteiger partial charge is 0.472 e. The summed E-state index contributed by atoms with van der Waals surface area (Å²) in [6.07, 6.45) is 3.71. The zero-order chi connectivity index (χ0) is 17.5. The Morgan fingerprint density at radius 2 is 1.84 bits per heavy atom. The van der Waals surface area contributed by atoms with E-state index in [1.54, 1.807) is 18.3 Å². The Bertz CT molecular complexity index is 877. The molecule has 0 saturated heterocycles. The maximum absolute atomic E-state index is 8.90. The smallest absolute Gasteiger partial charge is 0.232 e. The van der Waals surface area contributed by atoms with Gasteiger partial charge in [-0.1, -0.05) is 53.9 Å². The van der Waals surface area contributed by atoms with Gasteiger partial charge in [0.15, 0.2) is 5.16 Å². The highest BCUT2D eigenvalue weighted by atomic mass is 32.2. The molecule has 6 heteroatoms. The van der Waals surface area contributed by atoms with Gasteiger partial charge < -0.3 is 4.74 Å². The number of nitrogens with zero attached hydrogens (tertiary/aromatic N) is 3. The van der Waals surface area contributed by atoms with Crippen LogP contribution < -0.4 is 4.74 Å². The third kappa shape index (κ3) is 4.75. The van der Waals surface area contributed by atoms with E-state index >= 15 is 0 Å². The Morgan fingerprint density at radius 3 is 2.52 bits per heavy atom. The molecule has 25 heavy (non-hydrogen) atoms. The summed E-state index contributed by atoms with van der Waals surface area (Å²) in [6.45, 7) is 0.451. The summed E-state index contributed by atoms with van der Waals surface area (Å²) in [5.74, 6) is 0.567. The lowest BCUT2D eigenvalue weighted by Gasteiger charge is -2.11. The summed E-state index contributed by atoms with van der Waals surface area (Å²) in [4.78, 5) is 10.7. The number of rotatable bonds is 6. The first-order valence-electron chi connectivity index (χ1n) is 7.54. The van der Waals surface area contributed by atoms with E-state index in [0.29, 0.717) is 23.2 Å². The zero-order valence-corrected chi connectivity index (χ0v) is 15.2. The van der Waals surface area contributed by atoms with Gasteiger partial charge in [0.05, 0.1) is 16.5 Å². The normalized spacial score (nSPS) is 10.2. The van der Waals surface area contributed by atoms with Gasteiger partial charge in [-0.2, -0.15) is 10.2 Å². The minimum absolute atomic E-state index is 0.451. The summed E-state index contributed by atoms with van der Waals surface area (Å²) in [7, 11) is 0. The minimum atomic E-state index is 0.451. The average Bonchev–Trinajstić information content (AvgIpc) is 2.68. The number of benzene rings is 2. The molecule has 0 saturated carbocycles. The molecule has 1 heterocycles. The van der Waals surface area contributed by atoms with Gasteiger partial charge in [0.1, 0.15) is 6.61 Å². The van der Waals surface area contributed by atoms with Crippen molar-refractivity contribution in [2.45, 2.75) is 21.6 Å². The van der Waals surface area contributed by atoms with Crippen molar-refractivity contribution in [3.63, 3.8) is 0 Å². The second kappa shape index (κ2) is 8.56. The van der Waals surface area contributed by atoms with Crippen molar-refractivity contribution in [1.29, 1.82) is 5.26 Å². The van der Waals surface area contributed by atoms with E-state index in [1.165, 1.54) is 23.5 Å². The Morgan fingerprint density at radius 1 is 1.08 bits per heavy atom. The van der Waals surface area contributed by atoms with Gasteiger partial charge in [0, 0.05) is 11.1 Å². The van der Waals surface area contributed by atoms with Gasteiger partial charge in [-0.3, -0.25) is 0 Å². The van der Waals surface area contributed by atoms with Crippen LogP contribution in [0.4, 0.5) is 0 Å². The molecule has 0 amide bonds. The molecule has 3 rings (SSSR count). The van der Waals surface area contributed by atoms with Crippen LogP contribution >= 0.6 is 23.5 Å². The molecule has 0 aliphatic heterocycles. The van der Waals surface area contributed by atoms with Gasteiger partial charge in [0.2, 0.25) is 5.88 Å². The van der Waals surface area contributed by atoms with Crippen LogP contribution in [0.3, 0.4) is 0 Å². The number of ether oxygens (including phenoxy) is 1. The molecule has 0 radical (unpaired) electrons. The van der Waals surface area contributed by atoms with Gasteiger partial charge in [0.25, 0.3) is 0 Å². The van der Waals surface area contributed by atoms with E-state index in [2.05, 4.69) is 16.0 Å². The van der Waals surface area contributed by atoms with E-state index in [-0.39, 0.29) is 0 Å². The first-order chi connectivity index (χ1) is 12.3. The van der Waals surface area contributed by atoms with Crippen molar-refractivity contribution in [2.75, 3.05) is 6.26 Å². The van der Waals surface area contributed by atoms with Crippen LogP contribution in [-0.2, 0) is 6.61 Å². The number of aromatic nitrogens is 2. The Kier molecular flexibility index (Phi) is 5.94. The maximum Gasteiger partial charge on any atom is 0.232 e. The maximum atomic E-state index is 8.90. The second-order valence-electron chi connectivity index (χ2n) is 5.04. The molecule has 2 aromatic carbocycles. The van der Waals surface area contributed by atoms with Gasteiger partial charge >= 0.3 is 0 Å². The van der Waals surface area contributed by atoms with Crippen molar-refractivity contribution in [1.82, 2.24) is 9.97 Å². The lowest BCUT2D eigenvalue weighted by Crippen LogP contribution is -2.00. The number of hydrogen-bond acceptors (Lipinski definition) is 6. The topological polar surface area (TPSA) is 58.8 Å². The minimum Gasteiger partial charge on any atom is -0.472 e. The van der Waals surface area contributed by atoms with Crippen molar-refractivity contribution in [2.24, 2.45) is 0 Å². The predicted octanol–water partition coefficient (Wildman–Crippen LogP) is 4.80. The summed E-state index contributed by atoms with van der Waals surface area (Å²) < 4.78 is 5.95. The van der Waals surface area contributed by atoms with E-state index in [1.807, 2.05) is 48.7 Å². The van der Waals surface area contributed by atoms with Gasteiger partial charge in [-0.25, -0.2) is 4.98 Å². The SMILES string of the molecule is CSc1ncc(Sc2ccc(C#N)cc2)c(OCc2ccccc2)n1. The molecule has 4 nitrogen and oxygen atoms in total. The highest BCUT2D eigenvalue weighted by Crippen LogP contribution is 2.34. The Labute approximate surface area is 155 Å². The Hall–Kier alpha value is -2.49. The zero-order valence-electron chi connectivity index (χ0n) is 13.5. The number of hydrogen-bond donors (Lipinski definition) is 0. The second-order valence-corrected chi connectivity index (χ2v) is 6.93. The summed E-state index contributed by atoms with van der Waals surface area (Å²) in [5, 5.41) is 9.57. The molecule has 0 aliphatic rings. The van der Waals surface area contributed by atoms with Crippen LogP contribution in [0.25, 0.3) is 0 Å². The van der Waals surface area contributed by atoms with Crippen LogP contribution in [0.15, 0.2) is 75.7 Å². The van der Waals surface area contributed by atoms with Crippen LogP contribution in [0.1, 0.15) is 11.1 Å². The van der Waals surface area contributed by atoms with E-state index < -0.39 is 0 Å². The highest BCUT2D eigenvalue weighted by Gasteiger charge is 2.11. The average molecular weight is 365 g/mol. The fourth-order valence-corrected chi connectivity index (χ4v) is 3.22. The molecule has 0 aliphatic carbocycles. The van der Waals surface area contributed by atoms with Crippen molar-refractivity contribution in [3.8, 4) is 11.9 Å². The molecule has 0 unspecified atom stereocenters. The molecule has 0 bridgehead atoms. The molecule has 0 fully saturated rings. The van der Waals surface area contributed by atoms with Crippen LogP contribution in [0, 0.1) is 11.3 Å². The quantitative estimate of drug-likeness (QED) is 0.462. The van der Waals surface area contributed by atoms with E-state index in [4.69, 9.17) is 10.00 Å². The summed E-state index contributed by atoms with van der Waals surface area (Å²) >= 11 is 3.00. The van der Waals surface area contributed by atoms with Gasteiger partial charge in [-0.05, 0) is 36.1 Å². The van der Waals surface area contributed by atoms with Crippen molar-refractivity contribution < 1.29 is 4.74 Å². The first-order valence-corrected chi connectivity index (χ1v) is 9.58. The third-order valence-electron chi connectivity index (χ3n) is 3.31. The highest BCUT2D eigenvalue weighted by molar-refractivity contribution is 7.99. The van der Waals surface area contributed by atoms with E-state index in [0.717, 1.165) is 15.4 Å². The van der Waals surface area contributed by atoms with Gasteiger partial charge in [-0.15, -0.1) is 0 Å². The summed E-state index contributed by atoms with van der Waals surface area (Å²) in [5.41, 5.74) is 1.72. The molecule has 0 atom stereocenters. The first kappa shape index (κ1) is 17.3. The predicted molar refractivity (Wildman–Crippen MR) is 99.9 cm³/mol. The molecule has 3 aromatic rings. The monoisotopic (exact) mass is 365 g/mol. The third-order valence-corrected chi connectivity index (χ3v) is 4.88. The van der Waals surface area contributed by atoms with Crippen LogP contribution in [0.5, 0.6) is 5.88 Å². The van der Waals surface area contributed by atoms with Crippen LogP contribution in [-0.4, -0.2) is 16.2 Å². The fraction of sp³-hybridized carbons (Fsp3) is 0.105. The molecule has 124 valence electrons. The number of nitriles is 1.